The number of fused-ring (bicyclic) bond motifs is 1. The lowest BCUT2D eigenvalue weighted by Crippen LogP contribution is -2.32. The van der Waals surface area contributed by atoms with Gasteiger partial charge in [0.2, 0.25) is 11.8 Å². The predicted octanol–water partition coefficient (Wildman–Crippen LogP) is 1.30. The van der Waals surface area contributed by atoms with Gasteiger partial charge in [0, 0.05) is 24.8 Å². The molecule has 1 aromatic rings. The number of nitrogens with zero attached hydrogens (tertiary/aromatic N) is 1. The molecule has 0 saturated carbocycles. The number of amides is 2. The number of carbonyl (C=O) groups is 2. The maximum absolute atomic E-state index is 11.5. The summed E-state index contributed by atoms with van der Waals surface area (Å²) in [5, 5.41) is 2.75. The van der Waals surface area contributed by atoms with Gasteiger partial charge in [0.25, 0.3) is 0 Å². The Morgan fingerprint density at radius 1 is 1.42 bits per heavy atom. The topological polar surface area (TPSA) is 75.4 Å². The Morgan fingerprint density at radius 3 is 2.68 bits per heavy atom. The molecule has 0 radical (unpaired) electrons. The van der Waals surface area contributed by atoms with E-state index in [9.17, 15) is 9.59 Å². The lowest BCUT2D eigenvalue weighted by atomic mass is 10.1. The minimum Gasteiger partial charge on any atom is -0.325 e. The molecule has 5 nitrogen and oxygen atoms in total. The van der Waals surface area contributed by atoms with Gasteiger partial charge in [-0.3, -0.25) is 9.59 Å². The molecule has 1 aliphatic rings. The molecule has 1 heterocycles. The smallest absolute Gasteiger partial charge is 0.240 e. The molecule has 0 saturated heterocycles. The van der Waals surface area contributed by atoms with Crippen molar-refractivity contribution in [3.63, 3.8) is 0 Å². The molecule has 0 aliphatic carbocycles. The van der Waals surface area contributed by atoms with Gasteiger partial charge in [-0.1, -0.05) is 0 Å². The lowest BCUT2D eigenvalue weighted by Gasteiger charge is -2.15. The van der Waals surface area contributed by atoms with Gasteiger partial charge in [-0.15, -0.1) is 12.4 Å². The van der Waals surface area contributed by atoms with Gasteiger partial charge >= 0.3 is 0 Å². The number of hydrogen-bond acceptors (Lipinski definition) is 3. The van der Waals surface area contributed by atoms with Crippen LogP contribution in [0.5, 0.6) is 0 Å². The molecule has 2 rings (SSSR count). The van der Waals surface area contributed by atoms with Crippen molar-refractivity contribution in [2.45, 2.75) is 26.3 Å². The maximum atomic E-state index is 11.5. The Hall–Kier alpha value is -1.59. The molecule has 0 bridgehead atoms. The van der Waals surface area contributed by atoms with Crippen molar-refractivity contribution < 1.29 is 9.59 Å². The molecule has 6 heteroatoms. The van der Waals surface area contributed by atoms with Crippen molar-refractivity contribution in [3.05, 3.63) is 23.8 Å². The third-order valence-electron chi connectivity index (χ3n) is 3.04. The largest absolute Gasteiger partial charge is 0.325 e. The Morgan fingerprint density at radius 2 is 2.11 bits per heavy atom. The van der Waals surface area contributed by atoms with Gasteiger partial charge in [0.1, 0.15) is 0 Å². The minimum absolute atomic E-state index is 0. The van der Waals surface area contributed by atoms with E-state index in [2.05, 4.69) is 5.32 Å². The molecular weight excluding hydrogens is 266 g/mol. The second kappa shape index (κ2) is 6.04. The van der Waals surface area contributed by atoms with Crippen molar-refractivity contribution >= 4 is 35.6 Å². The zero-order valence-corrected chi connectivity index (χ0v) is 11.8. The van der Waals surface area contributed by atoms with Gasteiger partial charge in [-0.2, -0.15) is 0 Å². The Bertz CT molecular complexity index is 503. The molecule has 3 N–H and O–H groups in total. The van der Waals surface area contributed by atoms with Crippen LogP contribution in [0, 0.1) is 0 Å². The standard InChI is InChI=1S/C13H17N3O2.ClH/c1-8(14)13(18)15-11-3-4-12-10(7-11)5-6-16(12)9(2)17;/h3-4,7-8H,5-6,14H2,1-2H3,(H,15,18);1H/t8-;/m1./s1. The van der Waals surface area contributed by atoms with Crippen molar-refractivity contribution in [1.82, 2.24) is 0 Å². The monoisotopic (exact) mass is 283 g/mol. The van der Waals surface area contributed by atoms with Crippen LogP contribution in [0.4, 0.5) is 11.4 Å². The molecule has 1 atom stereocenters. The summed E-state index contributed by atoms with van der Waals surface area (Å²) in [6.07, 6.45) is 0.816. The summed E-state index contributed by atoms with van der Waals surface area (Å²) in [5.74, 6) is -0.169. The molecule has 0 unspecified atom stereocenters. The third-order valence-corrected chi connectivity index (χ3v) is 3.04. The van der Waals surface area contributed by atoms with Crippen LogP contribution < -0.4 is 16.0 Å². The molecular formula is C13H18ClN3O2. The van der Waals surface area contributed by atoms with E-state index in [1.54, 1.807) is 24.8 Å². The number of carbonyl (C=O) groups excluding carboxylic acids is 2. The van der Waals surface area contributed by atoms with Gasteiger partial charge in [-0.05, 0) is 37.1 Å². The first-order chi connectivity index (χ1) is 8.49. The summed E-state index contributed by atoms with van der Waals surface area (Å²) in [6.45, 7) is 3.90. The van der Waals surface area contributed by atoms with Crippen LogP contribution in [0.2, 0.25) is 0 Å². The van der Waals surface area contributed by atoms with Crippen LogP contribution in [-0.2, 0) is 16.0 Å². The molecule has 0 fully saturated rings. The first-order valence-corrected chi connectivity index (χ1v) is 5.96. The summed E-state index contributed by atoms with van der Waals surface area (Å²) in [5.41, 5.74) is 8.23. The second-order valence-corrected chi connectivity index (χ2v) is 4.54. The number of benzene rings is 1. The van der Waals surface area contributed by atoms with E-state index < -0.39 is 6.04 Å². The van der Waals surface area contributed by atoms with Crippen LogP contribution in [0.25, 0.3) is 0 Å². The van der Waals surface area contributed by atoms with Crippen LogP contribution in [0.3, 0.4) is 0 Å². The summed E-state index contributed by atoms with van der Waals surface area (Å²) < 4.78 is 0. The Balaban J connectivity index is 0.00000180. The molecule has 1 aliphatic heterocycles. The molecule has 0 aromatic heterocycles. The number of nitrogens with two attached hydrogens (primary N) is 1. The van der Waals surface area contributed by atoms with E-state index >= 15 is 0 Å². The maximum Gasteiger partial charge on any atom is 0.240 e. The fraction of sp³-hybridized carbons (Fsp3) is 0.385. The predicted molar refractivity (Wildman–Crippen MR) is 77.7 cm³/mol. The van der Waals surface area contributed by atoms with Crippen LogP contribution in [0.1, 0.15) is 19.4 Å². The number of nitrogens with one attached hydrogen (secondary N) is 1. The van der Waals surface area contributed by atoms with E-state index in [0.29, 0.717) is 6.54 Å². The van der Waals surface area contributed by atoms with Crippen molar-refractivity contribution in [3.8, 4) is 0 Å². The lowest BCUT2D eigenvalue weighted by molar-refractivity contribution is -0.117. The second-order valence-electron chi connectivity index (χ2n) is 4.54. The molecule has 19 heavy (non-hydrogen) atoms. The summed E-state index contributed by atoms with van der Waals surface area (Å²) in [7, 11) is 0. The van der Waals surface area contributed by atoms with Crippen molar-refractivity contribution in [2.24, 2.45) is 5.73 Å². The van der Waals surface area contributed by atoms with E-state index in [4.69, 9.17) is 5.73 Å². The zero-order chi connectivity index (χ0) is 13.3. The van der Waals surface area contributed by atoms with Gasteiger partial charge < -0.3 is 16.0 Å². The van der Waals surface area contributed by atoms with Gasteiger partial charge in [0.05, 0.1) is 6.04 Å². The highest BCUT2D eigenvalue weighted by Gasteiger charge is 2.22. The number of halogens is 1. The molecule has 1 aromatic carbocycles. The van der Waals surface area contributed by atoms with E-state index in [-0.39, 0.29) is 24.2 Å². The number of hydrogen-bond donors (Lipinski definition) is 2. The SMILES string of the molecule is CC(=O)N1CCc2cc(NC(=O)[C@@H](C)N)ccc21.Cl. The summed E-state index contributed by atoms with van der Waals surface area (Å²) in [4.78, 5) is 24.6. The van der Waals surface area contributed by atoms with Crippen LogP contribution >= 0.6 is 12.4 Å². The Kier molecular flexibility index (Phi) is 4.91. The quantitative estimate of drug-likeness (QED) is 0.859. The summed E-state index contributed by atoms with van der Waals surface area (Å²) in [6, 6.07) is 5.02. The normalized spacial score (nSPS) is 14.4. The van der Waals surface area contributed by atoms with Crippen molar-refractivity contribution in [2.75, 3.05) is 16.8 Å². The van der Waals surface area contributed by atoms with Crippen LogP contribution in [0.15, 0.2) is 18.2 Å². The highest BCUT2D eigenvalue weighted by molar-refractivity contribution is 5.96. The molecule has 104 valence electrons. The number of anilines is 2. The third kappa shape index (κ3) is 3.24. The number of rotatable bonds is 2. The van der Waals surface area contributed by atoms with E-state index in [1.807, 2.05) is 12.1 Å². The first-order valence-electron chi connectivity index (χ1n) is 5.96. The Labute approximate surface area is 118 Å². The van der Waals surface area contributed by atoms with E-state index in [1.165, 1.54) is 0 Å². The van der Waals surface area contributed by atoms with Gasteiger partial charge in [-0.25, -0.2) is 0 Å². The first kappa shape index (κ1) is 15.5. The highest BCUT2D eigenvalue weighted by Crippen LogP contribution is 2.30. The average molecular weight is 284 g/mol. The van der Waals surface area contributed by atoms with E-state index in [0.717, 1.165) is 23.4 Å². The van der Waals surface area contributed by atoms with Gasteiger partial charge in [0.15, 0.2) is 0 Å². The highest BCUT2D eigenvalue weighted by atomic mass is 35.5. The summed E-state index contributed by atoms with van der Waals surface area (Å²) >= 11 is 0. The molecule has 0 spiro atoms. The zero-order valence-electron chi connectivity index (χ0n) is 11.0. The van der Waals surface area contributed by atoms with Crippen LogP contribution in [-0.4, -0.2) is 24.4 Å². The van der Waals surface area contributed by atoms with Crippen molar-refractivity contribution in [1.29, 1.82) is 0 Å². The minimum atomic E-state index is -0.535. The molecule has 2 amide bonds. The fourth-order valence-corrected chi connectivity index (χ4v) is 2.06. The average Bonchev–Trinajstić information content (AvgIpc) is 2.71. The fourth-order valence-electron chi connectivity index (χ4n) is 2.06.